The van der Waals surface area contributed by atoms with Gasteiger partial charge >= 0.3 is 0 Å². The van der Waals surface area contributed by atoms with E-state index < -0.39 is 6.10 Å². The number of ether oxygens (including phenoxy) is 1. The highest BCUT2D eigenvalue weighted by Crippen LogP contribution is 2.07. The van der Waals surface area contributed by atoms with Gasteiger partial charge in [0.25, 0.3) is 0 Å². The Balaban J connectivity index is 2.56. The molecule has 8 heavy (non-hydrogen) atoms. The number of ketones is 1. The molecule has 0 aliphatic carbocycles. The normalized spacial score (nSPS) is 38.5. The largest absolute Gasteiger partial charge is 0.382 e. The summed E-state index contributed by atoms with van der Waals surface area (Å²) in [5.41, 5.74) is 0. The highest BCUT2D eigenvalue weighted by molar-refractivity contribution is 5.86. The first-order valence-electron chi connectivity index (χ1n) is 2.54. The maximum absolute atomic E-state index is 10.4. The number of rotatable bonds is 0. The summed E-state index contributed by atoms with van der Waals surface area (Å²) >= 11 is 0. The quantitative estimate of drug-likeness (QED) is 0.456. The molecule has 1 fully saturated rings. The number of aliphatic hydroxyl groups excluding tert-OH is 1. The number of carbonyl (C=O) groups excluding carboxylic acids is 1. The average Bonchev–Trinajstić information content (AvgIpc) is 1.98. The van der Waals surface area contributed by atoms with E-state index in [4.69, 9.17) is 9.84 Å². The predicted molar refractivity (Wildman–Crippen MR) is 26.4 cm³/mol. The van der Waals surface area contributed by atoms with Gasteiger partial charge < -0.3 is 9.84 Å². The van der Waals surface area contributed by atoms with Gasteiger partial charge in [0, 0.05) is 0 Å². The minimum atomic E-state index is -0.880. The zero-order chi connectivity index (χ0) is 6.15. The summed E-state index contributed by atoms with van der Waals surface area (Å²) in [4.78, 5) is 10.4. The standard InChI is InChI=1S/C5H8O3/c1-3-5(7)4(6)2-8-3/h3,5,7H,2H2,1H3. The van der Waals surface area contributed by atoms with Crippen LogP contribution in [0.2, 0.25) is 0 Å². The summed E-state index contributed by atoms with van der Waals surface area (Å²) in [6.07, 6.45) is -1.18. The molecule has 1 aliphatic heterocycles. The van der Waals surface area contributed by atoms with Crippen LogP contribution in [-0.2, 0) is 9.53 Å². The van der Waals surface area contributed by atoms with Gasteiger partial charge in [0.1, 0.15) is 12.7 Å². The Morgan fingerprint density at radius 3 is 2.62 bits per heavy atom. The zero-order valence-electron chi connectivity index (χ0n) is 4.63. The van der Waals surface area contributed by atoms with Gasteiger partial charge in [0.2, 0.25) is 0 Å². The van der Waals surface area contributed by atoms with Crippen molar-refractivity contribution in [1.82, 2.24) is 0 Å². The maximum Gasteiger partial charge on any atom is 0.189 e. The molecule has 0 bridgehead atoms. The van der Waals surface area contributed by atoms with Crippen LogP contribution in [0.1, 0.15) is 6.92 Å². The van der Waals surface area contributed by atoms with Gasteiger partial charge in [-0.2, -0.15) is 0 Å². The van der Waals surface area contributed by atoms with Crippen molar-refractivity contribution >= 4 is 5.78 Å². The summed E-state index contributed by atoms with van der Waals surface area (Å²) in [5, 5.41) is 8.79. The molecule has 0 radical (unpaired) electrons. The van der Waals surface area contributed by atoms with Crippen molar-refractivity contribution in [3.8, 4) is 0 Å². The highest BCUT2D eigenvalue weighted by Gasteiger charge is 2.29. The lowest BCUT2D eigenvalue weighted by molar-refractivity contribution is -0.123. The van der Waals surface area contributed by atoms with Gasteiger partial charge in [0.05, 0.1) is 6.10 Å². The van der Waals surface area contributed by atoms with Gasteiger partial charge in [-0.1, -0.05) is 0 Å². The Hall–Kier alpha value is -0.410. The van der Waals surface area contributed by atoms with Crippen LogP contribution in [0.5, 0.6) is 0 Å². The topological polar surface area (TPSA) is 46.5 Å². The summed E-state index contributed by atoms with van der Waals surface area (Å²) in [6, 6.07) is 0. The molecule has 1 rings (SSSR count). The lowest BCUT2D eigenvalue weighted by Gasteiger charge is -2.01. The first-order valence-corrected chi connectivity index (χ1v) is 2.54. The summed E-state index contributed by atoms with van der Waals surface area (Å²) in [7, 11) is 0. The number of hydrogen-bond donors (Lipinski definition) is 1. The molecule has 0 amide bonds. The molecule has 3 heteroatoms. The third-order valence-electron chi connectivity index (χ3n) is 1.26. The van der Waals surface area contributed by atoms with Crippen molar-refractivity contribution < 1.29 is 14.6 Å². The molecule has 1 heterocycles. The van der Waals surface area contributed by atoms with E-state index in [2.05, 4.69) is 0 Å². The molecule has 1 aliphatic rings. The van der Waals surface area contributed by atoms with Gasteiger partial charge in [0.15, 0.2) is 5.78 Å². The fourth-order valence-corrected chi connectivity index (χ4v) is 0.652. The molecule has 0 aromatic carbocycles. The van der Waals surface area contributed by atoms with Crippen LogP contribution < -0.4 is 0 Å². The average molecular weight is 116 g/mol. The Labute approximate surface area is 47.3 Å². The van der Waals surface area contributed by atoms with Crippen LogP contribution in [0.25, 0.3) is 0 Å². The summed E-state index contributed by atoms with van der Waals surface area (Å²) in [5.74, 6) is -0.211. The van der Waals surface area contributed by atoms with Gasteiger partial charge in [-0.05, 0) is 6.92 Å². The lowest BCUT2D eigenvalue weighted by Crippen LogP contribution is -2.23. The highest BCUT2D eigenvalue weighted by atomic mass is 16.5. The second-order valence-corrected chi connectivity index (χ2v) is 1.93. The molecule has 0 saturated carbocycles. The molecule has 1 saturated heterocycles. The van der Waals surface area contributed by atoms with Crippen molar-refractivity contribution in [2.24, 2.45) is 0 Å². The summed E-state index contributed by atoms with van der Waals surface area (Å²) in [6.45, 7) is 1.75. The molecule has 2 unspecified atom stereocenters. The number of Topliss-reactive ketones (excluding diaryl/α,β-unsaturated/α-hetero) is 1. The molecule has 46 valence electrons. The fraction of sp³-hybridized carbons (Fsp3) is 0.800. The van der Waals surface area contributed by atoms with Crippen LogP contribution in [0.15, 0.2) is 0 Å². The van der Waals surface area contributed by atoms with E-state index in [1.807, 2.05) is 0 Å². The van der Waals surface area contributed by atoms with Crippen molar-refractivity contribution in [3.05, 3.63) is 0 Å². The SMILES string of the molecule is CC1OCC(=O)C1O. The van der Waals surface area contributed by atoms with Crippen LogP contribution in [0.4, 0.5) is 0 Å². The van der Waals surface area contributed by atoms with Gasteiger partial charge in [-0.3, -0.25) is 4.79 Å². The van der Waals surface area contributed by atoms with Crippen LogP contribution in [0, 0.1) is 0 Å². The first-order chi connectivity index (χ1) is 3.72. The molecule has 1 N–H and O–H groups in total. The monoisotopic (exact) mass is 116 g/mol. The van der Waals surface area contributed by atoms with Crippen LogP contribution in [0.3, 0.4) is 0 Å². The smallest absolute Gasteiger partial charge is 0.189 e. The molecular weight excluding hydrogens is 108 g/mol. The Kier molecular flexibility index (Phi) is 1.31. The van der Waals surface area contributed by atoms with E-state index in [-0.39, 0.29) is 18.5 Å². The predicted octanol–water partition coefficient (Wildman–Crippen LogP) is -0.665. The van der Waals surface area contributed by atoms with E-state index in [1.54, 1.807) is 6.92 Å². The number of hydrogen-bond acceptors (Lipinski definition) is 3. The number of carbonyl (C=O) groups is 1. The van der Waals surface area contributed by atoms with E-state index >= 15 is 0 Å². The molecule has 2 atom stereocenters. The minimum Gasteiger partial charge on any atom is -0.382 e. The third kappa shape index (κ3) is 0.743. The number of aliphatic hydroxyl groups is 1. The van der Waals surface area contributed by atoms with Crippen molar-refractivity contribution in [1.29, 1.82) is 0 Å². The second kappa shape index (κ2) is 1.84. The van der Waals surface area contributed by atoms with E-state index in [1.165, 1.54) is 0 Å². The molecular formula is C5H8O3. The van der Waals surface area contributed by atoms with Gasteiger partial charge in [-0.25, -0.2) is 0 Å². The van der Waals surface area contributed by atoms with Crippen molar-refractivity contribution in [2.75, 3.05) is 6.61 Å². The van der Waals surface area contributed by atoms with Crippen molar-refractivity contribution in [3.63, 3.8) is 0 Å². The van der Waals surface area contributed by atoms with Crippen LogP contribution in [-0.4, -0.2) is 29.7 Å². The van der Waals surface area contributed by atoms with Crippen LogP contribution >= 0.6 is 0 Å². The summed E-state index contributed by atoms with van der Waals surface area (Å²) < 4.78 is 4.78. The maximum atomic E-state index is 10.4. The minimum absolute atomic E-state index is 0.0718. The van der Waals surface area contributed by atoms with E-state index in [0.29, 0.717) is 0 Å². The van der Waals surface area contributed by atoms with E-state index in [0.717, 1.165) is 0 Å². The van der Waals surface area contributed by atoms with E-state index in [9.17, 15) is 4.79 Å². The Morgan fingerprint density at radius 2 is 2.50 bits per heavy atom. The molecule has 0 aromatic rings. The lowest BCUT2D eigenvalue weighted by atomic mass is 10.2. The zero-order valence-corrected chi connectivity index (χ0v) is 4.63. The van der Waals surface area contributed by atoms with Gasteiger partial charge in [-0.15, -0.1) is 0 Å². The third-order valence-corrected chi connectivity index (χ3v) is 1.26. The molecule has 0 aromatic heterocycles. The Morgan fingerprint density at radius 1 is 1.88 bits per heavy atom. The molecule has 0 spiro atoms. The van der Waals surface area contributed by atoms with Crippen molar-refractivity contribution in [2.45, 2.75) is 19.1 Å². The second-order valence-electron chi connectivity index (χ2n) is 1.93. The fourth-order valence-electron chi connectivity index (χ4n) is 0.652. The first kappa shape index (κ1) is 5.72. The molecule has 3 nitrogen and oxygen atoms in total. The Bertz CT molecular complexity index is 110.